The maximum atomic E-state index is 6.75. The number of halogens is 1. The smallest absolute Gasteiger partial charge is 0.142 e. The molecule has 1 saturated carbocycles. The molecule has 3 heterocycles. The van der Waals surface area contributed by atoms with Gasteiger partial charge in [-0.1, -0.05) is 37.4 Å². The summed E-state index contributed by atoms with van der Waals surface area (Å²) in [5.74, 6) is 1.87. The van der Waals surface area contributed by atoms with E-state index in [2.05, 4.69) is 47.2 Å². The second kappa shape index (κ2) is 7.77. The van der Waals surface area contributed by atoms with Crippen LogP contribution in [0.5, 0.6) is 0 Å². The van der Waals surface area contributed by atoms with Crippen LogP contribution in [-0.2, 0) is 12.1 Å². The molecule has 1 saturated heterocycles. The standard InChI is InChI=1S/C24H33ClN4O/c1-16-26-22-20(25)14-17-13-19(15-29-11-7-18(8-12-29)28(2)3)30-23(17)21(22)24(27-16)9-5-4-6-10-24/h13-14,18,26-27H,1,4-12,15H2,2-3H3. The molecule has 5 rings (SSSR count). The molecule has 0 bridgehead atoms. The molecule has 2 N–H and O–H groups in total. The lowest BCUT2D eigenvalue weighted by atomic mass is 9.74. The molecule has 2 aliphatic heterocycles. The summed E-state index contributed by atoms with van der Waals surface area (Å²) in [6, 6.07) is 4.93. The van der Waals surface area contributed by atoms with Gasteiger partial charge < -0.3 is 20.0 Å². The van der Waals surface area contributed by atoms with E-state index in [4.69, 9.17) is 16.0 Å². The summed E-state index contributed by atoms with van der Waals surface area (Å²) in [6.45, 7) is 7.26. The average molecular weight is 429 g/mol. The molecule has 162 valence electrons. The third-order valence-electron chi connectivity index (χ3n) is 7.33. The number of piperidine rings is 1. The molecule has 0 atom stereocenters. The van der Waals surface area contributed by atoms with Gasteiger partial charge in [0.25, 0.3) is 0 Å². The van der Waals surface area contributed by atoms with Crippen molar-refractivity contribution in [2.24, 2.45) is 0 Å². The van der Waals surface area contributed by atoms with Crippen LogP contribution in [0.3, 0.4) is 0 Å². The molecule has 2 aromatic rings. The van der Waals surface area contributed by atoms with E-state index in [1.807, 2.05) is 6.07 Å². The molecule has 1 aromatic carbocycles. The molecule has 5 nitrogen and oxygen atoms in total. The zero-order valence-electron chi connectivity index (χ0n) is 18.2. The first-order valence-corrected chi connectivity index (χ1v) is 11.7. The normalized spacial score (nSPS) is 22.3. The first kappa shape index (κ1) is 20.2. The van der Waals surface area contributed by atoms with Crippen LogP contribution in [0.2, 0.25) is 5.02 Å². The molecule has 1 aliphatic carbocycles. The summed E-state index contributed by atoms with van der Waals surface area (Å²) in [7, 11) is 4.37. The minimum absolute atomic E-state index is 0.127. The SMILES string of the molecule is C=C1Nc2c(Cl)cc3cc(CN4CCC(N(C)C)CC4)oc3c2C2(CCCCC2)N1. The third-order valence-corrected chi connectivity index (χ3v) is 7.63. The van der Waals surface area contributed by atoms with Gasteiger partial charge in [-0.2, -0.15) is 0 Å². The van der Waals surface area contributed by atoms with Gasteiger partial charge in [-0.25, -0.2) is 0 Å². The number of benzene rings is 1. The summed E-state index contributed by atoms with van der Waals surface area (Å²) in [5, 5.41) is 8.92. The lowest BCUT2D eigenvalue weighted by Gasteiger charge is -2.44. The van der Waals surface area contributed by atoms with Gasteiger partial charge in [0.05, 0.1) is 28.6 Å². The summed E-state index contributed by atoms with van der Waals surface area (Å²) < 4.78 is 6.54. The number of hydrogen-bond acceptors (Lipinski definition) is 5. The number of nitrogens with zero attached hydrogens (tertiary/aromatic N) is 2. The van der Waals surface area contributed by atoms with Gasteiger partial charge in [-0.3, -0.25) is 4.90 Å². The van der Waals surface area contributed by atoms with E-state index in [0.29, 0.717) is 6.04 Å². The van der Waals surface area contributed by atoms with Crippen molar-refractivity contribution in [1.29, 1.82) is 0 Å². The molecule has 0 amide bonds. The fourth-order valence-corrected chi connectivity index (χ4v) is 6.00. The Labute approximate surface area is 184 Å². The molecule has 1 aromatic heterocycles. The van der Waals surface area contributed by atoms with Crippen molar-refractivity contribution in [3.8, 4) is 0 Å². The number of fused-ring (bicyclic) bond motifs is 4. The third kappa shape index (κ3) is 3.51. The van der Waals surface area contributed by atoms with Crippen LogP contribution >= 0.6 is 11.6 Å². The van der Waals surface area contributed by atoms with Crippen molar-refractivity contribution in [3.05, 3.63) is 40.9 Å². The van der Waals surface area contributed by atoms with Crippen molar-refractivity contribution < 1.29 is 4.42 Å². The van der Waals surface area contributed by atoms with Gasteiger partial charge in [0.15, 0.2) is 0 Å². The molecule has 1 spiro atoms. The van der Waals surface area contributed by atoms with Crippen LogP contribution in [-0.4, -0.2) is 43.0 Å². The maximum Gasteiger partial charge on any atom is 0.142 e. The van der Waals surface area contributed by atoms with Gasteiger partial charge in [0.1, 0.15) is 11.3 Å². The lowest BCUT2D eigenvalue weighted by Crippen LogP contribution is -2.48. The van der Waals surface area contributed by atoms with E-state index in [9.17, 15) is 0 Å². The van der Waals surface area contributed by atoms with Crippen LogP contribution in [0.4, 0.5) is 5.69 Å². The van der Waals surface area contributed by atoms with Crippen LogP contribution in [0.15, 0.2) is 28.9 Å². The monoisotopic (exact) mass is 428 g/mol. The van der Waals surface area contributed by atoms with E-state index >= 15 is 0 Å². The number of furan rings is 1. The van der Waals surface area contributed by atoms with Crippen molar-refractivity contribution in [2.75, 3.05) is 32.5 Å². The molecular weight excluding hydrogens is 396 g/mol. The number of likely N-dealkylation sites (tertiary alicyclic amines) is 1. The minimum Gasteiger partial charge on any atom is -0.459 e. The van der Waals surface area contributed by atoms with Gasteiger partial charge in [0, 0.05) is 30.1 Å². The Kier molecular flexibility index (Phi) is 5.24. The summed E-state index contributed by atoms with van der Waals surface area (Å²) in [5.41, 5.74) is 3.04. The Bertz CT molecular complexity index is 952. The molecule has 6 heteroatoms. The van der Waals surface area contributed by atoms with Gasteiger partial charge in [-0.15, -0.1) is 0 Å². The Morgan fingerprint density at radius 1 is 1.20 bits per heavy atom. The summed E-state index contributed by atoms with van der Waals surface area (Å²) >= 11 is 6.75. The van der Waals surface area contributed by atoms with E-state index in [1.54, 1.807) is 0 Å². The van der Waals surface area contributed by atoms with E-state index < -0.39 is 0 Å². The number of anilines is 1. The fourth-order valence-electron chi connectivity index (χ4n) is 5.74. The number of nitrogens with one attached hydrogen (secondary N) is 2. The predicted molar refractivity (Wildman–Crippen MR) is 124 cm³/mol. The van der Waals surface area contributed by atoms with Crippen molar-refractivity contribution in [2.45, 2.75) is 63.1 Å². The van der Waals surface area contributed by atoms with E-state index in [0.717, 1.165) is 65.7 Å². The molecule has 0 radical (unpaired) electrons. The Morgan fingerprint density at radius 3 is 2.63 bits per heavy atom. The highest BCUT2D eigenvalue weighted by Crippen LogP contribution is 2.49. The molecule has 2 fully saturated rings. The second-order valence-electron chi connectivity index (χ2n) is 9.58. The highest BCUT2D eigenvalue weighted by molar-refractivity contribution is 6.34. The number of rotatable bonds is 3. The van der Waals surface area contributed by atoms with Crippen molar-refractivity contribution in [1.82, 2.24) is 15.1 Å². The van der Waals surface area contributed by atoms with Crippen LogP contribution in [0.1, 0.15) is 56.3 Å². The van der Waals surface area contributed by atoms with Crippen molar-refractivity contribution >= 4 is 28.3 Å². The minimum atomic E-state index is -0.127. The fraction of sp³-hybridized carbons (Fsp3) is 0.583. The second-order valence-corrected chi connectivity index (χ2v) is 9.99. The summed E-state index contributed by atoms with van der Waals surface area (Å²) in [6.07, 6.45) is 8.31. The zero-order chi connectivity index (χ0) is 20.9. The quantitative estimate of drug-likeness (QED) is 0.698. The molecule has 3 aliphatic rings. The van der Waals surface area contributed by atoms with E-state index in [1.165, 1.54) is 37.7 Å². The first-order valence-electron chi connectivity index (χ1n) is 11.3. The Balaban J connectivity index is 1.48. The van der Waals surface area contributed by atoms with Crippen molar-refractivity contribution in [3.63, 3.8) is 0 Å². The largest absolute Gasteiger partial charge is 0.459 e. The number of hydrogen-bond donors (Lipinski definition) is 2. The Hall–Kier alpha value is -1.69. The van der Waals surface area contributed by atoms with Gasteiger partial charge >= 0.3 is 0 Å². The first-order chi connectivity index (χ1) is 14.4. The zero-order valence-corrected chi connectivity index (χ0v) is 18.9. The molecule has 0 unspecified atom stereocenters. The highest BCUT2D eigenvalue weighted by atomic mass is 35.5. The molecular formula is C24H33ClN4O. The topological polar surface area (TPSA) is 43.7 Å². The Morgan fingerprint density at radius 2 is 1.93 bits per heavy atom. The van der Waals surface area contributed by atoms with Crippen LogP contribution in [0.25, 0.3) is 11.0 Å². The van der Waals surface area contributed by atoms with Gasteiger partial charge in [0.2, 0.25) is 0 Å². The molecule has 30 heavy (non-hydrogen) atoms. The highest BCUT2D eigenvalue weighted by Gasteiger charge is 2.42. The van der Waals surface area contributed by atoms with E-state index in [-0.39, 0.29) is 5.54 Å². The maximum absolute atomic E-state index is 6.75. The van der Waals surface area contributed by atoms with Gasteiger partial charge in [-0.05, 0) is 51.9 Å². The predicted octanol–water partition coefficient (Wildman–Crippen LogP) is 5.26. The van der Waals surface area contributed by atoms with Crippen LogP contribution < -0.4 is 10.6 Å². The summed E-state index contributed by atoms with van der Waals surface area (Å²) in [4.78, 5) is 4.87. The lowest BCUT2D eigenvalue weighted by molar-refractivity contribution is 0.134. The van der Waals surface area contributed by atoms with Crippen LogP contribution in [0, 0.1) is 0 Å². The average Bonchev–Trinajstić information content (AvgIpc) is 3.10.